The molecule has 0 atom stereocenters. The van der Waals surface area contributed by atoms with E-state index in [1.54, 1.807) is 16.8 Å². The Labute approximate surface area is 98.9 Å². The second-order valence-electron chi connectivity index (χ2n) is 4.06. The van der Waals surface area contributed by atoms with Crippen molar-refractivity contribution >= 4 is 28.8 Å². The number of aryl methyl sites for hydroxylation is 1. The van der Waals surface area contributed by atoms with Crippen LogP contribution in [0.2, 0.25) is 0 Å². The summed E-state index contributed by atoms with van der Waals surface area (Å²) in [5.74, 6) is 0.297. The van der Waals surface area contributed by atoms with Gasteiger partial charge in [-0.25, -0.2) is 4.98 Å². The van der Waals surface area contributed by atoms with Gasteiger partial charge >= 0.3 is 0 Å². The van der Waals surface area contributed by atoms with Crippen molar-refractivity contribution in [1.82, 2.24) is 10.3 Å². The fraction of sp³-hybridized carbons (Fsp3) is 0.600. The zero-order valence-electron chi connectivity index (χ0n) is 9.13. The summed E-state index contributed by atoms with van der Waals surface area (Å²) in [7, 11) is 0. The number of halogens is 1. The van der Waals surface area contributed by atoms with Crippen molar-refractivity contribution in [3.8, 4) is 0 Å². The van der Waals surface area contributed by atoms with Crippen LogP contribution < -0.4 is 5.32 Å². The van der Waals surface area contributed by atoms with Crippen LogP contribution in [0.1, 0.15) is 24.4 Å². The van der Waals surface area contributed by atoms with Gasteiger partial charge in [-0.15, -0.1) is 22.9 Å². The molecule has 0 aliphatic rings. The minimum atomic E-state index is -0.514. The van der Waals surface area contributed by atoms with Crippen LogP contribution in [0, 0.1) is 12.3 Å². The summed E-state index contributed by atoms with van der Waals surface area (Å²) in [6.07, 6.45) is 0. The summed E-state index contributed by atoms with van der Waals surface area (Å²) in [6.45, 7) is 6.13. The van der Waals surface area contributed by atoms with E-state index in [4.69, 9.17) is 11.6 Å². The molecule has 0 aromatic carbocycles. The monoisotopic (exact) mass is 246 g/mol. The predicted octanol–water partition coefficient (Wildman–Crippen LogP) is 2.33. The number of alkyl halides is 1. The number of hydrogen-bond donors (Lipinski definition) is 1. The number of thiazole rings is 1. The molecule has 1 N–H and O–H groups in total. The normalized spacial score (nSPS) is 11.5. The molecule has 84 valence electrons. The molecule has 0 spiro atoms. The topological polar surface area (TPSA) is 42.0 Å². The van der Waals surface area contributed by atoms with E-state index in [0.29, 0.717) is 12.4 Å². The van der Waals surface area contributed by atoms with Crippen LogP contribution >= 0.6 is 22.9 Å². The summed E-state index contributed by atoms with van der Waals surface area (Å²) in [5.41, 5.74) is 2.24. The van der Waals surface area contributed by atoms with Crippen LogP contribution in [0.3, 0.4) is 0 Å². The van der Waals surface area contributed by atoms with Crippen molar-refractivity contribution in [2.24, 2.45) is 5.41 Å². The molecule has 1 amide bonds. The first-order chi connectivity index (χ1) is 6.97. The molecule has 0 bridgehead atoms. The molecule has 1 aromatic rings. The first-order valence-electron chi connectivity index (χ1n) is 4.70. The van der Waals surface area contributed by atoms with Crippen molar-refractivity contribution < 1.29 is 4.79 Å². The molecule has 0 fully saturated rings. The number of hydrogen-bond acceptors (Lipinski definition) is 3. The van der Waals surface area contributed by atoms with Gasteiger partial charge in [0.2, 0.25) is 5.91 Å². The van der Waals surface area contributed by atoms with Crippen molar-refractivity contribution in [2.75, 3.05) is 5.88 Å². The molecule has 3 nitrogen and oxygen atoms in total. The second kappa shape index (κ2) is 4.94. The number of rotatable bonds is 4. The average molecular weight is 247 g/mol. The predicted molar refractivity (Wildman–Crippen MR) is 63.2 cm³/mol. The number of aromatic nitrogens is 1. The highest BCUT2D eigenvalue weighted by atomic mass is 35.5. The third-order valence-electron chi connectivity index (χ3n) is 2.20. The molecule has 0 aliphatic heterocycles. The summed E-state index contributed by atoms with van der Waals surface area (Å²) in [6, 6.07) is 0. The van der Waals surface area contributed by atoms with Crippen molar-refractivity contribution in [3.63, 3.8) is 0 Å². The van der Waals surface area contributed by atoms with E-state index in [1.807, 2.05) is 20.8 Å². The molecule has 15 heavy (non-hydrogen) atoms. The van der Waals surface area contributed by atoms with Gasteiger partial charge in [-0.3, -0.25) is 4.79 Å². The number of carbonyl (C=O) groups excluding carboxylic acids is 1. The summed E-state index contributed by atoms with van der Waals surface area (Å²) in [4.78, 5) is 16.9. The minimum absolute atomic E-state index is 0.0229. The fourth-order valence-electron chi connectivity index (χ4n) is 0.956. The average Bonchev–Trinajstić information content (AvgIpc) is 2.60. The summed E-state index contributed by atoms with van der Waals surface area (Å²) < 4.78 is 0. The van der Waals surface area contributed by atoms with Gasteiger partial charge in [0.25, 0.3) is 0 Å². The van der Waals surface area contributed by atoms with E-state index in [-0.39, 0.29) is 5.91 Å². The van der Waals surface area contributed by atoms with Gasteiger partial charge in [-0.2, -0.15) is 0 Å². The largest absolute Gasteiger partial charge is 0.351 e. The van der Waals surface area contributed by atoms with Crippen molar-refractivity contribution in [2.45, 2.75) is 27.3 Å². The second-order valence-corrected chi connectivity index (χ2v) is 5.27. The highest BCUT2D eigenvalue weighted by Crippen LogP contribution is 2.18. The van der Waals surface area contributed by atoms with Crippen LogP contribution in [0.15, 0.2) is 5.51 Å². The number of carbonyl (C=O) groups is 1. The Hall–Kier alpha value is -0.610. The Morgan fingerprint density at radius 2 is 2.33 bits per heavy atom. The fourth-order valence-corrected chi connectivity index (χ4v) is 1.79. The quantitative estimate of drug-likeness (QED) is 0.829. The third kappa shape index (κ3) is 3.18. The third-order valence-corrected chi connectivity index (χ3v) is 3.81. The molecule has 0 aliphatic carbocycles. The highest BCUT2D eigenvalue weighted by molar-refractivity contribution is 7.09. The lowest BCUT2D eigenvalue weighted by molar-refractivity contribution is -0.128. The first kappa shape index (κ1) is 12.5. The van der Waals surface area contributed by atoms with Crippen LogP contribution in [0.5, 0.6) is 0 Å². The lowest BCUT2D eigenvalue weighted by atomic mass is 9.95. The van der Waals surface area contributed by atoms with E-state index in [0.717, 1.165) is 10.6 Å². The van der Waals surface area contributed by atoms with Gasteiger partial charge in [-0.05, 0) is 20.8 Å². The first-order valence-corrected chi connectivity index (χ1v) is 6.12. The molecule has 1 heterocycles. The Balaban J connectivity index is 2.52. The standard InChI is InChI=1S/C10H15ClN2OS/c1-7-8(15-6-13-7)4-12-9(14)10(2,3)5-11/h6H,4-5H2,1-3H3,(H,12,14). The molecular weight excluding hydrogens is 232 g/mol. The lowest BCUT2D eigenvalue weighted by Gasteiger charge is -2.20. The van der Waals surface area contributed by atoms with Gasteiger partial charge in [0.05, 0.1) is 23.2 Å². The maximum absolute atomic E-state index is 11.7. The van der Waals surface area contributed by atoms with Gasteiger partial charge in [0.1, 0.15) is 0 Å². The minimum Gasteiger partial charge on any atom is -0.351 e. The molecule has 1 aromatic heterocycles. The smallest absolute Gasteiger partial charge is 0.227 e. The van der Waals surface area contributed by atoms with Crippen LogP contribution in [0.25, 0.3) is 0 Å². The Morgan fingerprint density at radius 3 is 2.80 bits per heavy atom. The zero-order chi connectivity index (χ0) is 11.5. The maximum atomic E-state index is 11.7. The molecule has 0 saturated heterocycles. The number of nitrogens with zero attached hydrogens (tertiary/aromatic N) is 1. The van der Waals surface area contributed by atoms with E-state index < -0.39 is 5.41 Å². The lowest BCUT2D eigenvalue weighted by Crippen LogP contribution is -2.37. The SMILES string of the molecule is Cc1ncsc1CNC(=O)C(C)(C)CCl. The number of amides is 1. The van der Waals surface area contributed by atoms with Crippen LogP contribution in [0.4, 0.5) is 0 Å². The van der Waals surface area contributed by atoms with Gasteiger partial charge in [0.15, 0.2) is 0 Å². The van der Waals surface area contributed by atoms with Gasteiger partial charge < -0.3 is 5.32 Å². The maximum Gasteiger partial charge on any atom is 0.227 e. The number of nitrogens with one attached hydrogen (secondary N) is 1. The zero-order valence-corrected chi connectivity index (χ0v) is 10.7. The Morgan fingerprint density at radius 1 is 1.67 bits per heavy atom. The summed E-state index contributed by atoms with van der Waals surface area (Å²) >= 11 is 7.26. The van der Waals surface area contributed by atoms with Crippen molar-refractivity contribution in [3.05, 3.63) is 16.1 Å². The van der Waals surface area contributed by atoms with E-state index in [2.05, 4.69) is 10.3 Å². The Bertz CT molecular complexity index is 349. The van der Waals surface area contributed by atoms with E-state index in [1.165, 1.54) is 0 Å². The molecular formula is C10H15ClN2OS. The van der Waals surface area contributed by atoms with Crippen LogP contribution in [-0.2, 0) is 11.3 Å². The van der Waals surface area contributed by atoms with Gasteiger partial charge in [-0.1, -0.05) is 0 Å². The van der Waals surface area contributed by atoms with Gasteiger partial charge in [0, 0.05) is 10.8 Å². The molecule has 0 unspecified atom stereocenters. The Kier molecular flexibility index (Phi) is 4.11. The van der Waals surface area contributed by atoms with E-state index >= 15 is 0 Å². The summed E-state index contributed by atoms with van der Waals surface area (Å²) in [5, 5.41) is 2.86. The van der Waals surface area contributed by atoms with Crippen LogP contribution in [-0.4, -0.2) is 16.8 Å². The molecule has 5 heteroatoms. The molecule has 0 radical (unpaired) electrons. The molecule has 0 saturated carbocycles. The highest BCUT2D eigenvalue weighted by Gasteiger charge is 2.26. The molecule has 1 rings (SSSR count). The van der Waals surface area contributed by atoms with E-state index in [9.17, 15) is 4.79 Å². The van der Waals surface area contributed by atoms with Crippen molar-refractivity contribution in [1.29, 1.82) is 0 Å².